The molecule has 0 aliphatic heterocycles. The van der Waals surface area contributed by atoms with Crippen LogP contribution in [0, 0.1) is 5.82 Å². The van der Waals surface area contributed by atoms with Crippen molar-refractivity contribution in [1.82, 2.24) is 14.5 Å². The molecule has 0 aliphatic carbocycles. The van der Waals surface area contributed by atoms with Gasteiger partial charge in [-0.2, -0.15) is 0 Å². The van der Waals surface area contributed by atoms with Gasteiger partial charge < -0.3 is 4.57 Å². The lowest BCUT2D eigenvalue weighted by atomic mass is 10.3. The summed E-state index contributed by atoms with van der Waals surface area (Å²) in [5, 5.41) is 0. The Morgan fingerprint density at radius 3 is 2.77 bits per heavy atom. The number of pyridine rings is 1. The van der Waals surface area contributed by atoms with E-state index in [0.29, 0.717) is 11.5 Å². The quantitative estimate of drug-likeness (QED) is 0.662. The normalized spacial score (nSPS) is 10.3. The number of aryl methyl sites for hydroxylation is 1. The maximum Gasteiger partial charge on any atom is 0.158 e. The van der Waals surface area contributed by atoms with Crippen LogP contribution in [0.3, 0.4) is 0 Å². The fourth-order valence-corrected chi connectivity index (χ4v) is 1.14. The zero-order chi connectivity index (χ0) is 9.26. The Labute approximate surface area is 74.9 Å². The van der Waals surface area contributed by atoms with E-state index in [-0.39, 0.29) is 5.82 Å². The van der Waals surface area contributed by atoms with Gasteiger partial charge >= 0.3 is 0 Å². The molecule has 3 nitrogen and oxygen atoms in total. The lowest BCUT2D eigenvalue weighted by Crippen LogP contribution is -1.93. The first-order valence-electron chi connectivity index (χ1n) is 3.86. The minimum absolute atomic E-state index is 0.298. The van der Waals surface area contributed by atoms with Gasteiger partial charge in [-0.1, -0.05) is 0 Å². The maximum absolute atomic E-state index is 12.8. The third-order valence-corrected chi connectivity index (χ3v) is 1.77. The van der Waals surface area contributed by atoms with Crippen molar-refractivity contribution in [3.8, 4) is 11.5 Å². The molecule has 13 heavy (non-hydrogen) atoms. The Morgan fingerprint density at radius 1 is 1.31 bits per heavy atom. The molecular formula is C9H8FN3. The summed E-state index contributed by atoms with van der Waals surface area (Å²) < 4.78 is 14.6. The molecule has 0 bridgehead atoms. The first-order valence-corrected chi connectivity index (χ1v) is 3.86. The van der Waals surface area contributed by atoms with E-state index in [1.807, 2.05) is 7.05 Å². The minimum atomic E-state index is -0.298. The summed E-state index contributed by atoms with van der Waals surface area (Å²) in [6.45, 7) is 0. The van der Waals surface area contributed by atoms with Crippen molar-refractivity contribution in [3.63, 3.8) is 0 Å². The van der Waals surface area contributed by atoms with Crippen molar-refractivity contribution in [2.24, 2.45) is 7.05 Å². The number of hydrogen-bond donors (Lipinski definition) is 0. The van der Waals surface area contributed by atoms with E-state index in [1.54, 1.807) is 17.0 Å². The highest BCUT2D eigenvalue weighted by molar-refractivity contribution is 5.49. The van der Waals surface area contributed by atoms with Gasteiger partial charge in [-0.3, -0.25) is 4.98 Å². The third kappa shape index (κ3) is 1.42. The first-order chi connectivity index (χ1) is 6.27. The van der Waals surface area contributed by atoms with Crippen molar-refractivity contribution in [2.75, 3.05) is 0 Å². The molecule has 0 aromatic carbocycles. The Hall–Kier alpha value is -1.71. The van der Waals surface area contributed by atoms with Crippen LogP contribution in [0.2, 0.25) is 0 Å². The van der Waals surface area contributed by atoms with Gasteiger partial charge in [0, 0.05) is 31.7 Å². The zero-order valence-electron chi connectivity index (χ0n) is 7.11. The van der Waals surface area contributed by atoms with Gasteiger partial charge in [0.25, 0.3) is 0 Å². The largest absolute Gasteiger partial charge is 0.333 e. The smallest absolute Gasteiger partial charge is 0.158 e. The van der Waals surface area contributed by atoms with Gasteiger partial charge in [-0.05, 0) is 6.07 Å². The number of aromatic nitrogens is 3. The van der Waals surface area contributed by atoms with Crippen LogP contribution in [0.4, 0.5) is 4.39 Å². The molecule has 4 heteroatoms. The standard InChI is InChI=1S/C9H8FN3/c1-13-5-4-12-9(13)8-6-7(10)2-3-11-8/h2-6H,1H3. The molecule has 66 valence electrons. The van der Waals surface area contributed by atoms with Gasteiger partial charge in [-0.15, -0.1) is 0 Å². The Morgan fingerprint density at radius 2 is 2.15 bits per heavy atom. The summed E-state index contributed by atoms with van der Waals surface area (Å²) in [6.07, 6.45) is 4.88. The van der Waals surface area contributed by atoms with Crippen LogP contribution in [-0.2, 0) is 7.05 Å². The van der Waals surface area contributed by atoms with E-state index < -0.39 is 0 Å². The van der Waals surface area contributed by atoms with Gasteiger partial charge in [0.1, 0.15) is 11.5 Å². The molecule has 0 saturated heterocycles. The third-order valence-electron chi connectivity index (χ3n) is 1.77. The molecule has 0 radical (unpaired) electrons. The molecule has 0 aliphatic rings. The average molecular weight is 177 g/mol. The lowest BCUT2D eigenvalue weighted by molar-refractivity contribution is 0.626. The molecule has 2 aromatic heterocycles. The number of hydrogen-bond acceptors (Lipinski definition) is 2. The molecule has 0 atom stereocenters. The predicted molar refractivity (Wildman–Crippen MR) is 46.4 cm³/mol. The molecule has 2 heterocycles. The van der Waals surface area contributed by atoms with Gasteiger partial charge in [0.15, 0.2) is 5.82 Å². The van der Waals surface area contributed by atoms with E-state index in [0.717, 1.165) is 0 Å². The fourth-order valence-electron chi connectivity index (χ4n) is 1.14. The van der Waals surface area contributed by atoms with Crippen LogP contribution in [0.1, 0.15) is 0 Å². The van der Waals surface area contributed by atoms with E-state index in [1.165, 1.54) is 18.3 Å². The van der Waals surface area contributed by atoms with Crippen LogP contribution >= 0.6 is 0 Å². The molecular weight excluding hydrogens is 169 g/mol. The minimum Gasteiger partial charge on any atom is -0.333 e. The number of halogens is 1. The van der Waals surface area contributed by atoms with Crippen molar-refractivity contribution >= 4 is 0 Å². The predicted octanol–water partition coefficient (Wildman–Crippen LogP) is 1.62. The van der Waals surface area contributed by atoms with E-state index in [2.05, 4.69) is 9.97 Å². The summed E-state index contributed by atoms with van der Waals surface area (Å²) in [5.41, 5.74) is 0.549. The zero-order valence-corrected chi connectivity index (χ0v) is 7.11. The highest BCUT2D eigenvalue weighted by atomic mass is 19.1. The second kappa shape index (κ2) is 2.97. The van der Waals surface area contributed by atoms with Gasteiger partial charge in [0.05, 0.1) is 0 Å². The van der Waals surface area contributed by atoms with Crippen molar-refractivity contribution in [2.45, 2.75) is 0 Å². The number of imidazole rings is 1. The van der Waals surface area contributed by atoms with Crippen LogP contribution in [-0.4, -0.2) is 14.5 Å². The second-order valence-corrected chi connectivity index (χ2v) is 2.72. The molecule has 0 fully saturated rings. The van der Waals surface area contributed by atoms with E-state index >= 15 is 0 Å². The first kappa shape index (κ1) is 7.91. The fraction of sp³-hybridized carbons (Fsp3) is 0.111. The van der Waals surface area contributed by atoms with Crippen LogP contribution in [0.15, 0.2) is 30.7 Å². The summed E-state index contributed by atoms with van der Waals surface area (Å²) in [7, 11) is 1.84. The van der Waals surface area contributed by atoms with E-state index in [9.17, 15) is 4.39 Å². The van der Waals surface area contributed by atoms with E-state index in [4.69, 9.17) is 0 Å². The second-order valence-electron chi connectivity index (χ2n) is 2.72. The average Bonchev–Trinajstić information content (AvgIpc) is 2.51. The van der Waals surface area contributed by atoms with Crippen LogP contribution in [0.5, 0.6) is 0 Å². The lowest BCUT2D eigenvalue weighted by Gasteiger charge is -1.99. The molecule has 0 N–H and O–H groups in total. The van der Waals surface area contributed by atoms with Crippen LogP contribution < -0.4 is 0 Å². The SMILES string of the molecule is Cn1ccnc1-c1cc(F)ccn1. The van der Waals surface area contributed by atoms with Crippen molar-refractivity contribution in [3.05, 3.63) is 36.5 Å². The Kier molecular flexibility index (Phi) is 1.81. The number of rotatable bonds is 1. The molecule has 0 saturated carbocycles. The van der Waals surface area contributed by atoms with Gasteiger partial charge in [-0.25, -0.2) is 9.37 Å². The topological polar surface area (TPSA) is 30.7 Å². The summed E-state index contributed by atoms with van der Waals surface area (Å²) >= 11 is 0. The van der Waals surface area contributed by atoms with Crippen molar-refractivity contribution in [1.29, 1.82) is 0 Å². The van der Waals surface area contributed by atoms with Gasteiger partial charge in [0.2, 0.25) is 0 Å². The summed E-state index contributed by atoms with van der Waals surface area (Å²) in [6, 6.07) is 2.68. The molecule has 0 unspecified atom stereocenters. The monoisotopic (exact) mass is 177 g/mol. The highest BCUT2D eigenvalue weighted by Crippen LogP contribution is 2.13. The Balaban J connectivity index is 2.53. The highest BCUT2D eigenvalue weighted by Gasteiger charge is 2.04. The Bertz CT molecular complexity index is 422. The molecule has 0 spiro atoms. The number of nitrogens with zero attached hydrogens (tertiary/aromatic N) is 3. The summed E-state index contributed by atoms with van der Waals surface area (Å²) in [5.74, 6) is 0.368. The molecule has 2 rings (SSSR count). The van der Waals surface area contributed by atoms with Crippen molar-refractivity contribution < 1.29 is 4.39 Å². The molecule has 2 aromatic rings. The molecule has 0 amide bonds. The van der Waals surface area contributed by atoms with Crippen LogP contribution in [0.25, 0.3) is 11.5 Å². The maximum atomic E-state index is 12.8. The summed E-state index contributed by atoms with van der Waals surface area (Å²) in [4.78, 5) is 8.08.